The molecule has 0 fully saturated rings. The molecule has 1 aromatic rings. The molecule has 0 spiro atoms. The van der Waals surface area contributed by atoms with Crippen LogP contribution in [0.4, 0.5) is 0 Å². The van der Waals surface area contributed by atoms with Crippen LogP contribution in [0.3, 0.4) is 0 Å². The highest BCUT2D eigenvalue weighted by Gasteiger charge is 2.33. The fourth-order valence-electron chi connectivity index (χ4n) is 3.29. The summed E-state index contributed by atoms with van der Waals surface area (Å²) in [4.78, 5) is 0. The molecule has 0 bridgehead atoms. The van der Waals surface area contributed by atoms with Crippen molar-refractivity contribution in [3.8, 4) is 0 Å². The SMILES string of the molecule is Cc1cc2c(n1CCC(C)S(C)=O)CC(C)(C)CC2N. The van der Waals surface area contributed by atoms with E-state index in [4.69, 9.17) is 5.73 Å². The van der Waals surface area contributed by atoms with Crippen LogP contribution in [-0.4, -0.2) is 20.3 Å². The molecule has 0 aromatic carbocycles. The van der Waals surface area contributed by atoms with Gasteiger partial charge in [0, 0.05) is 46.3 Å². The molecule has 0 saturated carbocycles. The highest BCUT2D eigenvalue weighted by atomic mass is 32.2. The third-order valence-electron chi connectivity index (χ3n) is 4.59. The third-order valence-corrected chi connectivity index (χ3v) is 5.96. The van der Waals surface area contributed by atoms with Gasteiger partial charge in [-0.1, -0.05) is 20.8 Å². The van der Waals surface area contributed by atoms with Crippen molar-refractivity contribution in [2.75, 3.05) is 6.26 Å². The first-order valence-corrected chi connectivity index (χ1v) is 9.10. The van der Waals surface area contributed by atoms with Crippen molar-refractivity contribution in [1.29, 1.82) is 0 Å². The predicted molar refractivity (Wildman–Crippen MR) is 86.3 cm³/mol. The van der Waals surface area contributed by atoms with Crippen LogP contribution in [0, 0.1) is 12.3 Å². The maximum absolute atomic E-state index is 11.5. The fourth-order valence-corrected chi connectivity index (χ4v) is 3.73. The molecule has 1 aliphatic carbocycles. The third kappa shape index (κ3) is 3.17. The lowest BCUT2D eigenvalue weighted by Gasteiger charge is -2.34. The van der Waals surface area contributed by atoms with Gasteiger partial charge in [-0.05, 0) is 43.2 Å². The Morgan fingerprint density at radius 1 is 1.55 bits per heavy atom. The Hall–Kier alpha value is -0.610. The summed E-state index contributed by atoms with van der Waals surface area (Å²) >= 11 is 0. The summed E-state index contributed by atoms with van der Waals surface area (Å²) in [6.45, 7) is 9.77. The van der Waals surface area contributed by atoms with Gasteiger partial charge < -0.3 is 10.3 Å². The van der Waals surface area contributed by atoms with Crippen molar-refractivity contribution in [3.63, 3.8) is 0 Å². The van der Waals surface area contributed by atoms with Crippen LogP contribution in [0.1, 0.15) is 56.6 Å². The molecule has 0 saturated heterocycles. The summed E-state index contributed by atoms with van der Waals surface area (Å²) in [5, 5.41) is 0.248. The Kier molecular flexibility index (Phi) is 4.45. The van der Waals surface area contributed by atoms with Crippen molar-refractivity contribution in [2.24, 2.45) is 11.1 Å². The van der Waals surface area contributed by atoms with E-state index in [1.165, 1.54) is 17.0 Å². The van der Waals surface area contributed by atoms with Crippen LogP contribution < -0.4 is 5.73 Å². The highest BCUT2D eigenvalue weighted by Crippen LogP contribution is 2.40. The van der Waals surface area contributed by atoms with Gasteiger partial charge in [-0.25, -0.2) is 0 Å². The molecule has 1 heterocycles. The second kappa shape index (κ2) is 5.64. The predicted octanol–water partition coefficient (Wildman–Crippen LogP) is 2.93. The molecule has 3 nitrogen and oxygen atoms in total. The summed E-state index contributed by atoms with van der Waals surface area (Å²) in [5.74, 6) is 0. The lowest BCUT2D eigenvalue weighted by molar-refractivity contribution is 0.274. The molecule has 20 heavy (non-hydrogen) atoms. The van der Waals surface area contributed by atoms with Crippen molar-refractivity contribution in [1.82, 2.24) is 4.57 Å². The van der Waals surface area contributed by atoms with E-state index in [-0.39, 0.29) is 16.7 Å². The second-order valence-electron chi connectivity index (χ2n) is 7.09. The quantitative estimate of drug-likeness (QED) is 0.928. The molecule has 114 valence electrons. The molecule has 0 aliphatic heterocycles. The molecular weight excluding hydrogens is 268 g/mol. The van der Waals surface area contributed by atoms with E-state index in [0.29, 0.717) is 0 Å². The van der Waals surface area contributed by atoms with E-state index >= 15 is 0 Å². The van der Waals surface area contributed by atoms with Crippen LogP contribution in [0.5, 0.6) is 0 Å². The van der Waals surface area contributed by atoms with Gasteiger partial charge in [-0.15, -0.1) is 0 Å². The number of hydrogen-bond acceptors (Lipinski definition) is 2. The zero-order valence-corrected chi connectivity index (χ0v) is 14.2. The molecule has 1 aliphatic rings. The lowest BCUT2D eigenvalue weighted by atomic mass is 9.74. The van der Waals surface area contributed by atoms with Crippen LogP contribution >= 0.6 is 0 Å². The monoisotopic (exact) mass is 296 g/mol. The summed E-state index contributed by atoms with van der Waals surface area (Å²) in [5.41, 5.74) is 10.6. The van der Waals surface area contributed by atoms with Crippen molar-refractivity contribution in [2.45, 2.75) is 64.8 Å². The topological polar surface area (TPSA) is 48.0 Å². The van der Waals surface area contributed by atoms with Gasteiger partial charge in [0.05, 0.1) is 0 Å². The number of aryl methyl sites for hydroxylation is 1. The van der Waals surface area contributed by atoms with Crippen molar-refractivity contribution in [3.05, 3.63) is 23.0 Å². The van der Waals surface area contributed by atoms with E-state index in [0.717, 1.165) is 25.8 Å². The Labute approximate surface area is 125 Å². The van der Waals surface area contributed by atoms with Crippen LogP contribution in [0.25, 0.3) is 0 Å². The minimum Gasteiger partial charge on any atom is -0.348 e. The minimum atomic E-state index is -0.740. The van der Waals surface area contributed by atoms with Gasteiger partial charge in [0.25, 0.3) is 0 Å². The maximum atomic E-state index is 11.5. The van der Waals surface area contributed by atoms with E-state index < -0.39 is 10.8 Å². The molecule has 1 aromatic heterocycles. The lowest BCUT2D eigenvalue weighted by Crippen LogP contribution is -2.30. The van der Waals surface area contributed by atoms with E-state index in [1.54, 1.807) is 6.26 Å². The Bertz CT molecular complexity index is 519. The molecule has 0 radical (unpaired) electrons. The van der Waals surface area contributed by atoms with Gasteiger partial charge in [0.1, 0.15) is 0 Å². The average molecular weight is 296 g/mol. The Morgan fingerprint density at radius 2 is 2.20 bits per heavy atom. The number of rotatable bonds is 4. The maximum Gasteiger partial charge on any atom is 0.0333 e. The number of nitrogens with two attached hydrogens (primary N) is 1. The first-order valence-electron chi connectivity index (χ1n) is 7.48. The standard InChI is InChI=1S/C16H28N2OS/c1-11-8-13-14(17)9-16(3,4)10-15(13)18(11)7-6-12(2)20(5)19/h8,12,14H,6-7,9-10,17H2,1-5H3. The summed E-state index contributed by atoms with van der Waals surface area (Å²) < 4.78 is 13.9. The first kappa shape index (κ1) is 15.8. The van der Waals surface area contributed by atoms with Crippen LogP contribution in [0.15, 0.2) is 6.07 Å². The van der Waals surface area contributed by atoms with Crippen molar-refractivity contribution >= 4 is 10.8 Å². The molecule has 0 amide bonds. The van der Waals surface area contributed by atoms with E-state index in [2.05, 4.69) is 38.3 Å². The minimum absolute atomic E-state index is 0.159. The zero-order chi connectivity index (χ0) is 15.1. The summed E-state index contributed by atoms with van der Waals surface area (Å²) in [6, 6.07) is 2.41. The molecule has 4 heteroatoms. The van der Waals surface area contributed by atoms with Crippen LogP contribution in [-0.2, 0) is 23.8 Å². The molecule has 2 rings (SSSR count). The molecule has 2 N–H and O–H groups in total. The normalized spacial score (nSPS) is 24.2. The number of aromatic nitrogens is 1. The number of fused-ring (bicyclic) bond motifs is 1. The van der Waals surface area contributed by atoms with E-state index in [1.807, 2.05) is 0 Å². The largest absolute Gasteiger partial charge is 0.348 e. The Morgan fingerprint density at radius 3 is 2.80 bits per heavy atom. The molecule has 3 atom stereocenters. The van der Waals surface area contributed by atoms with Crippen molar-refractivity contribution < 1.29 is 4.21 Å². The van der Waals surface area contributed by atoms with E-state index in [9.17, 15) is 4.21 Å². The summed E-state index contributed by atoms with van der Waals surface area (Å²) in [6.07, 6.45) is 4.90. The molecule has 3 unspecified atom stereocenters. The van der Waals surface area contributed by atoms with Gasteiger partial charge >= 0.3 is 0 Å². The van der Waals surface area contributed by atoms with Gasteiger partial charge in [0.2, 0.25) is 0 Å². The first-order chi connectivity index (χ1) is 9.21. The average Bonchev–Trinajstić information content (AvgIpc) is 2.61. The highest BCUT2D eigenvalue weighted by molar-refractivity contribution is 7.84. The number of nitrogens with zero attached hydrogens (tertiary/aromatic N) is 1. The second-order valence-corrected chi connectivity index (χ2v) is 8.89. The zero-order valence-electron chi connectivity index (χ0n) is 13.4. The smallest absolute Gasteiger partial charge is 0.0333 e. The fraction of sp³-hybridized carbons (Fsp3) is 0.750. The van der Waals surface area contributed by atoms with Gasteiger partial charge in [-0.3, -0.25) is 4.21 Å². The van der Waals surface area contributed by atoms with Gasteiger partial charge in [0.15, 0.2) is 0 Å². The Balaban J connectivity index is 2.25. The van der Waals surface area contributed by atoms with Crippen LogP contribution in [0.2, 0.25) is 0 Å². The summed E-state index contributed by atoms with van der Waals surface area (Å²) in [7, 11) is -0.740. The molecular formula is C16H28N2OS. The number of hydrogen-bond donors (Lipinski definition) is 1. The van der Waals surface area contributed by atoms with Gasteiger partial charge in [-0.2, -0.15) is 0 Å².